The van der Waals surface area contributed by atoms with E-state index in [1.54, 1.807) is 6.08 Å². The summed E-state index contributed by atoms with van der Waals surface area (Å²) in [7, 11) is 2.01. The van der Waals surface area contributed by atoms with E-state index in [-0.39, 0.29) is 11.0 Å². The summed E-state index contributed by atoms with van der Waals surface area (Å²) in [4.78, 5) is 7.04. The van der Waals surface area contributed by atoms with Gasteiger partial charge in [0.15, 0.2) is 5.75 Å². The van der Waals surface area contributed by atoms with E-state index in [0.29, 0.717) is 17.0 Å². The number of nitriles is 2. The van der Waals surface area contributed by atoms with Gasteiger partial charge in [-0.25, -0.2) is 0 Å². The molecule has 2 aliphatic rings. The third kappa shape index (κ3) is 2.44. The monoisotopic (exact) mass is 404 g/mol. The van der Waals surface area contributed by atoms with E-state index < -0.39 is 5.72 Å². The van der Waals surface area contributed by atoms with E-state index in [0.717, 1.165) is 16.5 Å². The van der Waals surface area contributed by atoms with Gasteiger partial charge in [-0.15, -0.1) is 0 Å². The number of likely N-dealkylation sites (N-methyl/N-ethyl adjacent to an activating group) is 1. The first kappa shape index (κ1) is 18.9. The summed E-state index contributed by atoms with van der Waals surface area (Å²) in [5.41, 5.74) is 2.45. The van der Waals surface area contributed by atoms with Crippen molar-refractivity contribution < 1.29 is 4.74 Å². The summed E-state index contributed by atoms with van der Waals surface area (Å²) in [5, 5.41) is 20.6. The molecule has 150 valence electrons. The molecule has 1 unspecified atom stereocenters. The van der Waals surface area contributed by atoms with Crippen LogP contribution >= 0.6 is 0 Å². The van der Waals surface area contributed by atoms with Crippen LogP contribution in [0.25, 0.3) is 16.8 Å². The van der Waals surface area contributed by atoms with Gasteiger partial charge in [0.05, 0.1) is 11.6 Å². The highest BCUT2D eigenvalue weighted by molar-refractivity contribution is 6.02. The molecule has 0 aliphatic carbocycles. The number of anilines is 1. The lowest BCUT2D eigenvalue weighted by Crippen LogP contribution is -2.61. The summed E-state index contributed by atoms with van der Waals surface area (Å²) in [5.74, 6) is 0.580. The zero-order valence-corrected chi connectivity index (χ0v) is 17.5. The minimum absolute atomic E-state index is 0.0204. The van der Waals surface area contributed by atoms with E-state index in [1.807, 2.05) is 67.9 Å². The maximum Gasteiger partial charge on any atom is 0.228 e. The van der Waals surface area contributed by atoms with Crippen molar-refractivity contribution in [2.45, 2.75) is 25.0 Å². The molecule has 0 aromatic heterocycles. The van der Waals surface area contributed by atoms with Crippen LogP contribution in [-0.4, -0.2) is 19.0 Å². The molecule has 5 heteroatoms. The van der Waals surface area contributed by atoms with Gasteiger partial charge in [-0.2, -0.15) is 10.5 Å². The molecule has 3 aromatic carbocycles. The maximum atomic E-state index is 9.33. The second-order valence-electron chi connectivity index (χ2n) is 8.40. The number of rotatable bonds is 1. The molecule has 0 bridgehead atoms. The van der Waals surface area contributed by atoms with Gasteiger partial charge in [0.1, 0.15) is 23.4 Å². The van der Waals surface area contributed by atoms with Crippen molar-refractivity contribution in [1.82, 2.24) is 0 Å². The average Bonchev–Trinajstić information content (AvgIpc) is 2.96. The van der Waals surface area contributed by atoms with Crippen molar-refractivity contribution in [3.63, 3.8) is 0 Å². The lowest BCUT2D eigenvalue weighted by atomic mass is 9.77. The lowest BCUT2D eigenvalue weighted by molar-refractivity contribution is 0.0824. The van der Waals surface area contributed by atoms with Crippen LogP contribution in [0.15, 0.2) is 65.2 Å². The first-order valence-corrected chi connectivity index (χ1v) is 10.1. The smallest absolute Gasteiger partial charge is 0.228 e. The lowest BCUT2D eigenvalue weighted by Gasteiger charge is -2.45. The van der Waals surface area contributed by atoms with E-state index in [2.05, 4.69) is 30.9 Å². The number of aliphatic imine (C=N–C) groups is 1. The molecule has 0 amide bonds. The molecule has 0 saturated heterocycles. The standard InChI is InChI=1S/C26H20N4O/c1-25(2)21-10-6-7-11-22(21)30(3)26(25)16-29-23-20-9-5-4-8-18(20)13-19(24(23)31-26)12-17(14-27)15-28/h4-13,16H,1-3H3. The number of hydrogen-bond acceptors (Lipinski definition) is 5. The predicted octanol–water partition coefficient (Wildman–Crippen LogP) is 5.49. The zero-order valence-electron chi connectivity index (χ0n) is 17.5. The Morgan fingerprint density at radius 1 is 1.06 bits per heavy atom. The highest BCUT2D eigenvalue weighted by Crippen LogP contribution is 2.55. The zero-order chi connectivity index (χ0) is 21.8. The molecule has 0 saturated carbocycles. The SMILES string of the molecule is CN1c2ccccc2C(C)(C)C12C=Nc1c(c(C=C(C#N)C#N)cc3ccccc13)O2. The summed E-state index contributed by atoms with van der Waals surface area (Å²) < 4.78 is 6.83. The van der Waals surface area contributed by atoms with Crippen LogP contribution < -0.4 is 9.64 Å². The van der Waals surface area contributed by atoms with Gasteiger partial charge in [-0.05, 0) is 43.0 Å². The molecule has 0 radical (unpaired) electrons. The summed E-state index contributed by atoms with van der Waals surface area (Å²) in [6, 6.07) is 22.0. The maximum absolute atomic E-state index is 9.33. The highest BCUT2D eigenvalue weighted by Gasteiger charge is 2.58. The fraction of sp³-hybridized carbons (Fsp3) is 0.192. The van der Waals surface area contributed by atoms with Crippen LogP contribution in [-0.2, 0) is 5.41 Å². The second kappa shape index (κ2) is 6.45. The number of fused-ring (bicyclic) bond motifs is 4. The Morgan fingerprint density at radius 2 is 1.77 bits per heavy atom. The topological polar surface area (TPSA) is 72.4 Å². The summed E-state index contributed by atoms with van der Waals surface area (Å²) in [6.45, 7) is 4.30. The predicted molar refractivity (Wildman–Crippen MR) is 123 cm³/mol. The van der Waals surface area contributed by atoms with E-state index in [1.165, 1.54) is 5.56 Å². The Hall–Kier alpha value is -4.09. The Labute approximate surface area is 181 Å². The number of benzene rings is 3. The Morgan fingerprint density at radius 3 is 2.52 bits per heavy atom. The summed E-state index contributed by atoms with van der Waals surface area (Å²) >= 11 is 0. The van der Waals surface area contributed by atoms with Gasteiger partial charge < -0.3 is 9.64 Å². The average molecular weight is 404 g/mol. The van der Waals surface area contributed by atoms with Crippen LogP contribution in [0.4, 0.5) is 11.4 Å². The first-order valence-electron chi connectivity index (χ1n) is 10.1. The molecule has 0 N–H and O–H groups in total. The highest BCUT2D eigenvalue weighted by atomic mass is 16.5. The van der Waals surface area contributed by atoms with Gasteiger partial charge in [0, 0.05) is 23.7 Å². The van der Waals surface area contributed by atoms with Gasteiger partial charge in [0.2, 0.25) is 5.72 Å². The van der Waals surface area contributed by atoms with Crippen molar-refractivity contribution in [2.24, 2.45) is 4.99 Å². The molecule has 3 aromatic rings. The van der Waals surface area contributed by atoms with Gasteiger partial charge in [0.25, 0.3) is 0 Å². The fourth-order valence-electron chi connectivity index (χ4n) is 4.78. The van der Waals surface area contributed by atoms with E-state index in [9.17, 15) is 10.5 Å². The van der Waals surface area contributed by atoms with Crippen molar-refractivity contribution >= 4 is 34.4 Å². The molecule has 1 atom stereocenters. The molecular formula is C26H20N4O. The summed E-state index contributed by atoms with van der Waals surface area (Å²) in [6.07, 6.45) is 3.47. The molecule has 0 fully saturated rings. The number of allylic oxidation sites excluding steroid dienone is 1. The Balaban J connectivity index is 1.78. The van der Waals surface area contributed by atoms with E-state index >= 15 is 0 Å². The van der Waals surface area contributed by atoms with Crippen molar-refractivity contribution in [2.75, 3.05) is 11.9 Å². The van der Waals surface area contributed by atoms with Crippen LogP contribution in [0.3, 0.4) is 0 Å². The Bertz CT molecular complexity index is 1370. The van der Waals surface area contributed by atoms with Crippen molar-refractivity contribution in [3.8, 4) is 17.9 Å². The molecular weight excluding hydrogens is 384 g/mol. The molecule has 2 heterocycles. The van der Waals surface area contributed by atoms with Crippen LogP contribution in [0.1, 0.15) is 25.0 Å². The van der Waals surface area contributed by atoms with Crippen LogP contribution in [0.5, 0.6) is 5.75 Å². The van der Waals surface area contributed by atoms with Gasteiger partial charge in [-0.3, -0.25) is 4.99 Å². The molecule has 2 aliphatic heterocycles. The number of para-hydroxylation sites is 1. The van der Waals surface area contributed by atoms with Gasteiger partial charge in [-0.1, -0.05) is 42.5 Å². The quantitative estimate of drug-likeness (QED) is 0.503. The largest absolute Gasteiger partial charge is 0.459 e. The Kier molecular flexibility index (Phi) is 3.94. The molecule has 31 heavy (non-hydrogen) atoms. The molecule has 5 rings (SSSR count). The first-order chi connectivity index (χ1) is 14.9. The third-order valence-electron chi connectivity index (χ3n) is 6.50. The second-order valence-corrected chi connectivity index (χ2v) is 8.40. The third-order valence-corrected chi connectivity index (χ3v) is 6.50. The van der Waals surface area contributed by atoms with Crippen molar-refractivity contribution in [1.29, 1.82) is 10.5 Å². The number of hydrogen-bond donors (Lipinski definition) is 0. The minimum Gasteiger partial charge on any atom is -0.459 e. The van der Waals surface area contributed by atoms with E-state index in [4.69, 9.17) is 9.73 Å². The minimum atomic E-state index is -0.839. The number of ether oxygens (including phenoxy) is 1. The van der Waals surface area contributed by atoms with Crippen LogP contribution in [0, 0.1) is 22.7 Å². The normalized spacial score (nSPS) is 19.8. The molecule has 5 nitrogen and oxygen atoms in total. The fourth-order valence-corrected chi connectivity index (χ4v) is 4.78. The van der Waals surface area contributed by atoms with Gasteiger partial charge >= 0.3 is 0 Å². The van der Waals surface area contributed by atoms with Crippen LogP contribution in [0.2, 0.25) is 0 Å². The number of nitrogens with zero attached hydrogens (tertiary/aromatic N) is 4. The van der Waals surface area contributed by atoms with Crippen molar-refractivity contribution in [3.05, 3.63) is 71.3 Å². The molecule has 1 spiro atoms.